The zero-order valence-electron chi connectivity index (χ0n) is 16.7. The van der Waals surface area contributed by atoms with Gasteiger partial charge in [0.15, 0.2) is 0 Å². The van der Waals surface area contributed by atoms with Crippen LogP contribution < -0.4 is 0 Å². The van der Waals surface area contributed by atoms with E-state index in [9.17, 15) is 18.4 Å². The van der Waals surface area contributed by atoms with Gasteiger partial charge in [0.25, 0.3) is 11.8 Å². The summed E-state index contributed by atoms with van der Waals surface area (Å²) in [5, 5.41) is 0. The van der Waals surface area contributed by atoms with Crippen LogP contribution in [0.15, 0.2) is 54.9 Å². The van der Waals surface area contributed by atoms with Gasteiger partial charge >= 0.3 is 0 Å². The van der Waals surface area contributed by atoms with Crippen LogP contribution in [0, 0.1) is 0 Å². The van der Waals surface area contributed by atoms with Crippen molar-refractivity contribution in [1.29, 1.82) is 0 Å². The van der Waals surface area contributed by atoms with Crippen molar-refractivity contribution in [3.8, 4) is 0 Å². The van der Waals surface area contributed by atoms with E-state index < -0.39 is 24.9 Å². The van der Waals surface area contributed by atoms with E-state index >= 15 is 0 Å². The third-order valence-corrected chi connectivity index (χ3v) is 5.75. The molecule has 2 fully saturated rings. The van der Waals surface area contributed by atoms with Crippen LogP contribution in [-0.2, 0) is 11.3 Å². The van der Waals surface area contributed by atoms with Crippen LogP contribution in [0.25, 0.3) is 0 Å². The van der Waals surface area contributed by atoms with Crippen molar-refractivity contribution >= 4 is 11.8 Å². The number of halogens is 2. The highest BCUT2D eigenvalue weighted by Gasteiger charge is 2.53. The standard InChI is InChI=1S/C22H24F2N4O2/c1-26(12-16-6-5-9-25-11-16)21(30)19-10-22(23,24)15-28(19)18-13-27(14-18)20(29)17-7-3-2-4-8-17/h2-9,11,18-19H,10,12-15H2,1H3/t19-/m0/s1. The molecule has 8 heteroatoms. The van der Waals surface area contributed by atoms with Gasteiger partial charge in [0.05, 0.1) is 12.6 Å². The third-order valence-electron chi connectivity index (χ3n) is 5.75. The maximum atomic E-state index is 14.2. The number of likely N-dealkylation sites (tertiary alicyclic amines) is 2. The van der Waals surface area contributed by atoms with Gasteiger partial charge in [0.1, 0.15) is 0 Å². The second-order valence-corrected chi connectivity index (χ2v) is 8.03. The highest BCUT2D eigenvalue weighted by Crippen LogP contribution is 2.36. The summed E-state index contributed by atoms with van der Waals surface area (Å²) in [5.41, 5.74) is 1.42. The number of pyridine rings is 1. The number of carbonyl (C=O) groups excluding carboxylic acids is 2. The minimum atomic E-state index is -2.92. The van der Waals surface area contributed by atoms with E-state index in [0.29, 0.717) is 25.2 Å². The van der Waals surface area contributed by atoms with E-state index in [-0.39, 0.29) is 17.9 Å². The van der Waals surface area contributed by atoms with E-state index in [2.05, 4.69) is 4.98 Å². The number of hydrogen-bond acceptors (Lipinski definition) is 4. The van der Waals surface area contributed by atoms with Gasteiger partial charge in [-0.1, -0.05) is 24.3 Å². The van der Waals surface area contributed by atoms with Crippen molar-refractivity contribution in [3.63, 3.8) is 0 Å². The molecule has 2 aliphatic heterocycles. The molecule has 0 radical (unpaired) electrons. The highest BCUT2D eigenvalue weighted by molar-refractivity contribution is 5.94. The smallest absolute Gasteiger partial charge is 0.262 e. The molecular weight excluding hydrogens is 390 g/mol. The van der Waals surface area contributed by atoms with E-state index in [1.54, 1.807) is 59.6 Å². The Bertz CT molecular complexity index is 904. The van der Waals surface area contributed by atoms with E-state index in [0.717, 1.165) is 5.56 Å². The fraction of sp³-hybridized carbons (Fsp3) is 0.409. The average Bonchev–Trinajstić information content (AvgIpc) is 3.02. The minimum Gasteiger partial charge on any atom is -0.340 e. The summed E-state index contributed by atoms with van der Waals surface area (Å²) in [6, 6.07) is 11.4. The molecule has 1 aromatic carbocycles. The Labute approximate surface area is 174 Å². The number of aromatic nitrogens is 1. The number of carbonyl (C=O) groups is 2. The Hall–Kier alpha value is -2.87. The summed E-state index contributed by atoms with van der Waals surface area (Å²) in [5.74, 6) is -3.36. The lowest BCUT2D eigenvalue weighted by Crippen LogP contribution is -2.63. The molecule has 3 heterocycles. The third kappa shape index (κ3) is 4.18. The molecule has 2 aromatic rings. The molecule has 0 N–H and O–H groups in total. The number of alkyl halides is 2. The Kier molecular flexibility index (Phi) is 5.51. The first-order chi connectivity index (χ1) is 14.3. The molecule has 158 valence electrons. The molecule has 2 saturated heterocycles. The Morgan fingerprint density at radius 2 is 1.90 bits per heavy atom. The molecule has 1 aromatic heterocycles. The van der Waals surface area contributed by atoms with Gasteiger partial charge in [-0.25, -0.2) is 8.78 Å². The van der Waals surface area contributed by atoms with Crippen LogP contribution >= 0.6 is 0 Å². The lowest BCUT2D eigenvalue weighted by Gasteiger charge is -2.45. The summed E-state index contributed by atoms with van der Waals surface area (Å²) in [7, 11) is 1.62. The molecular formula is C22H24F2N4O2. The normalized spacial score (nSPS) is 21.3. The quantitative estimate of drug-likeness (QED) is 0.753. The van der Waals surface area contributed by atoms with Gasteiger partial charge in [0.2, 0.25) is 5.91 Å². The van der Waals surface area contributed by atoms with Gasteiger partial charge in [0, 0.05) is 57.1 Å². The molecule has 2 aliphatic rings. The zero-order valence-corrected chi connectivity index (χ0v) is 16.7. The SMILES string of the molecule is CN(Cc1cccnc1)C(=O)[C@@H]1CC(F)(F)CN1C1CN(C(=O)c2ccccc2)C1. The molecule has 0 saturated carbocycles. The van der Waals surface area contributed by atoms with Crippen LogP contribution in [0.3, 0.4) is 0 Å². The van der Waals surface area contributed by atoms with Crippen molar-refractivity contribution in [2.24, 2.45) is 0 Å². The summed E-state index contributed by atoms with van der Waals surface area (Å²) < 4.78 is 28.5. The monoisotopic (exact) mass is 414 g/mol. The Morgan fingerprint density at radius 3 is 2.57 bits per heavy atom. The number of likely N-dealkylation sites (N-methyl/N-ethyl adjacent to an activating group) is 1. The van der Waals surface area contributed by atoms with Crippen LogP contribution in [0.2, 0.25) is 0 Å². The molecule has 6 nitrogen and oxygen atoms in total. The van der Waals surface area contributed by atoms with Crippen LogP contribution in [-0.4, -0.2) is 76.2 Å². The number of benzene rings is 1. The molecule has 0 unspecified atom stereocenters. The zero-order chi connectivity index (χ0) is 21.3. The lowest BCUT2D eigenvalue weighted by atomic mass is 10.0. The van der Waals surface area contributed by atoms with Crippen molar-refractivity contribution in [1.82, 2.24) is 19.7 Å². The van der Waals surface area contributed by atoms with Crippen molar-refractivity contribution in [3.05, 3.63) is 66.0 Å². The molecule has 0 spiro atoms. The number of hydrogen-bond donors (Lipinski definition) is 0. The first-order valence-electron chi connectivity index (χ1n) is 9.96. The minimum absolute atomic E-state index is 0.116. The fourth-order valence-corrected chi connectivity index (χ4v) is 4.15. The van der Waals surface area contributed by atoms with Crippen LogP contribution in [0.1, 0.15) is 22.3 Å². The predicted octanol–water partition coefficient (Wildman–Crippen LogP) is 2.27. The van der Waals surface area contributed by atoms with Crippen LogP contribution in [0.5, 0.6) is 0 Å². The lowest BCUT2D eigenvalue weighted by molar-refractivity contribution is -0.137. The fourth-order valence-electron chi connectivity index (χ4n) is 4.15. The van der Waals surface area contributed by atoms with E-state index in [1.165, 1.54) is 4.90 Å². The van der Waals surface area contributed by atoms with Gasteiger partial charge in [-0.2, -0.15) is 0 Å². The Balaban J connectivity index is 1.41. The summed E-state index contributed by atoms with van der Waals surface area (Å²) in [6.45, 7) is 0.549. The summed E-state index contributed by atoms with van der Waals surface area (Å²) >= 11 is 0. The molecule has 30 heavy (non-hydrogen) atoms. The largest absolute Gasteiger partial charge is 0.340 e. The van der Waals surface area contributed by atoms with Gasteiger partial charge in [-0.05, 0) is 23.8 Å². The molecule has 1 atom stereocenters. The van der Waals surface area contributed by atoms with Gasteiger partial charge in [-0.15, -0.1) is 0 Å². The van der Waals surface area contributed by atoms with Crippen molar-refractivity contribution in [2.45, 2.75) is 31.0 Å². The summed E-state index contributed by atoms with van der Waals surface area (Å²) in [6.07, 6.45) is 2.81. The maximum Gasteiger partial charge on any atom is 0.262 e. The van der Waals surface area contributed by atoms with Gasteiger partial charge in [-0.3, -0.25) is 19.5 Å². The van der Waals surface area contributed by atoms with Crippen LogP contribution in [0.4, 0.5) is 8.78 Å². The first kappa shape index (κ1) is 20.4. The Morgan fingerprint density at radius 1 is 1.17 bits per heavy atom. The van der Waals surface area contributed by atoms with E-state index in [1.807, 2.05) is 12.1 Å². The van der Waals surface area contributed by atoms with Crippen molar-refractivity contribution in [2.75, 3.05) is 26.7 Å². The molecule has 0 aliphatic carbocycles. The van der Waals surface area contributed by atoms with E-state index in [4.69, 9.17) is 0 Å². The number of nitrogens with zero attached hydrogens (tertiary/aromatic N) is 4. The van der Waals surface area contributed by atoms with Crippen molar-refractivity contribution < 1.29 is 18.4 Å². The highest BCUT2D eigenvalue weighted by atomic mass is 19.3. The second-order valence-electron chi connectivity index (χ2n) is 8.03. The molecule has 0 bridgehead atoms. The average molecular weight is 414 g/mol. The second kappa shape index (κ2) is 8.10. The maximum absolute atomic E-state index is 14.2. The number of amides is 2. The topological polar surface area (TPSA) is 56.8 Å². The number of rotatable bonds is 5. The first-order valence-corrected chi connectivity index (χ1v) is 9.96. The molecule has 4 rings (SSSR count). The molecule has 2 amide bonds. The summed E-state index contributed by atoms with van der Waals surface area (Å²) in [4.78, 5) is 34.2. The predicted molar refractivity (Wildman–Crippen MR) is 107 cm³/mol. The van der Waals surface area contributed by atoms with Gasteiger partial charge < -0.3 is 9.80 Å².